The van der Waals surface area contributed by atoms with Crippen molar-refractivity contribution in [3.63, 3.8) is 0 Å². The first-order chi connectivity index (χ1) is 16.5. The molecule has 34 heavy (non-hydrogen) atoms. The number of nitrogens with two attached hydrogens (primary N) is 2. The molecule has 11 heteroatoms. The van der Waals surface area contributed by atoms with E-state index in [1.54, 1.807) is 35.4 Å². The largest absolute Gasteiger partial charge is 0.461 e. The van der Waals surface area contributed by atoms with E-state index in [2.05, 4.69) is 30.2 Å². The standard InChI is InChI=1S/C23H21N9O2/c1-13-3-4-16-15(12-27-31-16)19(13)14-11-18(29-21(20(14)24)22(25)33)17-5-7-26-23(30-17)34-10-9-32-8-2-6-28-32/h2-8,11-12H,9-10,24H2,1H3,(H2,25,33)(H,27,31). The maximum Gasteiger partial charge on any atom is 0.317 e. The van der Waals surface area contributed by atoms with Crippen LogP contribution in [0, 0.1) is 6.92 Å². The summed E-state index contributed by atoms with van der Waals surface area (Å²) in [5.74, 6) is -0.734. The predicted molar refractivity (Wildman–Crippen MR) is 126 cm³/mol. The van der Waals surface area contributed by atoms with Gasteiger partial charge >= 0.3 is 6.01 Å². The Labute approximate surface area is 193 Å². The number of carbonyl (C=O) groups excluding carboxylic acids is 1. The SMILES string of the molecule is Cc1ccc2[nH]ncc2c1-c1cc(-c2ccnc(OCCn3cccn3)n2)nc(C(N)=O)c1N. The van der Waals surface area contributed by atoms with E-state index in [0.29, 0.717) is 30.1 Å². The highest BCUT2D eigenvalue weighted by Gasteiger charge is 2.20. The highest BCUT2D eigenvalue weighted by Crippen LogP contribution is 2.37. The quantitative estimate of drug-likeness (QED) is 0.336. The number of amides is 1. The summed E-state index contributed by atoms with van der Waals surface area (Å²) >= 11 is 0. The van der Waals surface area contributed by atoms with Crippen LogP contribution in [-0.4, -0.2) is 47.4 Å². The zero-order chi connectivity index (χ0) is 23.7. The van der Waals surface area contributed by atoms with Gasteiger partial charge in [-0.2, -0.15) is 15.2 Å². The Morgan fingerprint density at radius 2 is 2.06 bits per heavy atom. The molecule has 0 atom stereocenters. The predicted octanol–water partition coefficient (Wildman–Crippen LogP) is 2.35. The number of aromatic amines is 1. The number of benzene rings is 1. The second kappa shape index (κ2) is 8.62. The average Bonchev–Trinajstić information content (AvgIpc) is 3.52. The maximum absolute atomic E-state index is 12.2. The van der Waals surface area contributed by atoms with Gasteiger partial charge in [0.05, 0.1) is 35.3 Å². The lowest BCUT2D eigenvalue weighted by Gasteiger charge is -2.15. The van der Waals surface area contributed by atoms with Gasteiger partial charge in [-0.05, 0) is 42.3 Å². The molecular formula is C23H21N9O2. The number of ether oxygens (including phenoxy) is 1. The average molecular weight is 455 g/mol. The van der Waals surface area contributed by atoms with Crippen LogP contribution in [0.25, 0.3) is 33.4 Å². The van der Waals surface area contributed by atoms with E-state index in [9.17, 15) is 4.79 Å². The first-order valence-corrected chi connectivity index (χ1v) is 10.5. The summed E-state index contributed by atoms with van der Waals surface area (Å²) in [6, 6.07) is 9.37. The summed E-state index contributed by atoms with van der Waals surface area (Å²) in [7, 11) is 0. The molecule has 0 unspecified atom stereocenters. The van der Waals surface area contributed by atoms with Gasteiger partial charge in [0, 0.05) is 29.5 Å². The second-order valence-electron chi connectivity index (χ2n) is 7.61. The minimum absolute atomic E-state index is 0.0350. The van der Waals surface area contributed by atoms with Gasteiger partial charge in [0.25, 0.3) is 5.91 Å². The van der Waals surface area contributed by atoms with Crippen LogP contribution in [-0.2, 0) is 6.54 Å². The Morgan fingerprint density at radius 1 is 1.18 bits per heavy atom. The minimum Gasteiger partial charge on any atom is -0.461 e. The molecule has 0 radical (unpaired) electrons. The third kappa shape index (κ3) is 3.90. The van der Waals surface area contributed by atoms with Crippen LogP contribution in [0.2, 0.25) is 0 Å². The molecule has 1 amide bonds. The van der Waals surface area contributed by atoms with E-state index in [0.717, 1.165) is 22.0 Å². The number of aryl methyl sites for hydroxylation is 1. The Hall–Kier alpha value is -4.80. The van der Waals surface area contributed by atoms with Gasteiger partial charge in [-0.1, -0.05) is 6.07 Å². The third-order valence-corrected chi connectivity index (χ3v) is 5.40. The molecule has 5 N–H and O–H groups in total. The van der Waals surface area contributed by atoms with Crippen molar-refractivity contribution in [2.45, 2.75) is 13.5 Å². The van der Waals surface area contributed by atoms with E-state index < -0.39 is 5.91 Å². The Balaban J connectivity index is 1.56. The van der Waals surface area contributed by atoms with Crippen molar-refractivity contribution in [2.24, 2.45) is 5.73 Å². The number of nitrogens with one attached hydrogen (secondary N) is 1. The maximum atomic E-state index is 12.2. The summed E-state index contributed by atoms with van der Waals surface area (Å²) in [6.07, 6.45) is 6.82. The third-order valence-electron chi connectivity index (χ3n) is 5.40. The van der Waals surface area contributed by atoms with Gasteiger partial charge in [-0.15, -0.1) is 0 Å². The summed E-state index contributed by atoms with van der Waals surface area (Å²) in [4.78, 5) is 25.2. The molecule has 5 aromatic rings. The van der Waals surface area contributed by atoms with Crippen LogP contribution in [0.5, 0.6) is 6.01 Å². The van der Waals surface area contributed by atoms with Crippen molar-refractivity contribution in [1.82, 2.24) is 34.9 Å². The van der Waals surface area contributed by atoms with Crippen LogP contribution >= 0.6 is 0 Å². The lowest BCUT2D eigenvalue weighted by atomic mass is 9.94. The molecule has 0 saturated carbocycles. The van der Waals surface area contributed by atoms with E-state index in [1.165, 1.54) is 0 Å². The molecule has 5 rings (SSSR count). The highest BCUT2D eigenvalue weighted by atomic mass is 16.5. The minimum atomic E-state index is -0.734. The van der Waals surface area contributed by atoms with Gasteiger partial charge in [0.15, 0.2) is 5.69 Å². The number of carbonyl (C=O) groups is 1. The fourth-order valence-corrected chi connectivity index (χ4v) is 3.78. The molecule has 0 saturated heterocycles. The number of hydrogen-bond donors (Lipinski definition) is 3. The molecule has 4 aromatic heterocycles. The molecule has 0 aliphatic heterocycles. The van der Waals surface area contributed by atoms with Crippen molar-refractivity contribution < 1.29 is 9.53 Å². The van der Waals surface area contributed by atoms with E-state index in [1.807, 2.05) is 31.3 Å². The van der Waals surface area contributed by atoms with Gasteiger partial charge in [-0.25, -0.2) is 9.97 Å². The van der Waals surface area contributed by atoms with Gasteiger partial charge in [-0.3, -0.25) is 14.6 Å². The molecule has 0 aliphatic carbocycles. The number of nitrogens with zero attached hydrogens (tertiary/aromatic N) is 6. The monoisotopic (exact) mass is 455 g/mol. The first kappa shape index (κ1) is 21.1. The Bertz CT molecular complexity index is 1490. The molecule has 0 aliphatic rings. The zero-order valence-electron chi connectivity index (χ0n) is 18.3. The number of nitrogen functional groups attached to an aromatic ring is 1. The number of anilines is 1. The number of aromatic nitrogens is 7. The fourth-order valence-electron chi connectivity index (χ4n) is 3.78. The highest BCUT2D eigenvalue weighted by molar-refractivity contribution is 6.05. The van der Waals surface area contributed by atoms with Crippen molar-refractivity contribution in [3.8, 4) is 28.5 Å². The van der Waals surface area contributed by atoms with Crippen LogP contribution in [0.15, 0.2) is 55.1 Å². The molecule has 0 spiro atoms. The molecule has 0 bridgehead atoms. The Kier molecular flexibility index (Phi) is 5.34. The molecule has 0 fully saturated rings. The summed E-state index contributed by atoms with van der Waals surface area (Å²) in [5, 5.41) is 12.1. The number of rotatable bonds is 7. The smallest absolute Gasteiger partial charge is 0.317 e. The van der Waals surface area contributed by atoms with Gasteiger partial charge < -0.3 is 16.2 Å². The van der Waals surface area contributed by atoms with Crippen molar-refractivity contribution in [1.29, 1.82) is 0 Å². The van der Waals surface area contributed by atoms with Crippen LogP contribution in [0.4, 0.5) is 5.69 Å². The van der Waals surface area contributed by atoms with Crippen LogP contribution in [0.3, 0.4) is 0 Å². The molecule has 4 heterocycles. The number of primary amides is 1. The molecule has 1 aromatic carbocycles. The van der Waals surface area contributed by atoms with Gasteiger partial charge in [0.2, 0.25) is 0 Å². The molecular weight excluding hydrogens is 434 g/mol. The van der Waals surface area contributed by atoms with Crippen LogP contribution in [0.1, 0.15) is 16.1 Å². The van der Waals surface area contributed by atoms with Crippen LogP contribution < -0.4 is 16.2 Å². The zero-order valence-corrected chi connectivity index (χ0v) is 18.3. The van der Waals surface area contributed by atoms with Crippen molar-refractivity contribution >= 4 is 22.5 Å². The number of H-pyrrole nitrogens is 1. The fraction of sp³-hybridized carbons (Fsp3) is 0.130. The van der Waals surface area contributed by atoms with Crippen molar-refractivity contribution in [2.75, 3.05) is 12.3 Å². The summed E-state index contributed by atoms with van der Waals surface area (Å²) < 4.78 is 7.43. The van der Waals surface area contributed by atoms with Gasteiger partial charge in [0.1, 0.15) is 6.61 Å². The topological polar surface area (TPSA) is 164 Å². The second-order valence-corrected chi connectivity index (χ2v) is 7.61. The normalized spacial score (nSPS) is 11.1. The lowest BCUT2D eigenvalue weighted by Crippen LogP contribution is -2.17. The lowest BCUT2D eigenvalue weighted by molar-refractivity contribution is 0.0996. The van der Waals surface area contributed by atoms with E-state index >= 15 is 0 Å². The Morgan fingerprint density at radius 3 is 2.85 bits per heavy atom. The molecule has 170 valence electrons. The summed E-state index contributed by atoms with van der Waals surface area (Å²) in [5.41, 5.74) is 16.3. The van der Waals surface area contributed by atoms with E-state index in [4.69, 9.17) is 16.2 Å². The molecule has 11 nitrogen and oxygen atoms in total. The van der Waals surface area contributed by atoms with E-state index in [-0.39, 0.29) is 17.4 Å². The number of fused-ring (bicyclic) bond motifs is 1. The van der Waals surface area contributed by atoms with Crippen molar-refractivity contribution in [3.05, 3.63) is 66.4 Å². The number of hydrogen-bond acceptors (Lipinski definition) is 8. The summed E-state index contributed by atoms with van der Waals surface area (Å²) in [6.45, 7) is 2.84. The first-order valence-electron chi connectivity index (χ1n) is 10.5. The number of pyridine rings is 1.